The van der Waals surface area contributed by atoms with Gasteiger partial charge >= 0.3 is 6.03 Å². The van der Waals surface area contributed by atoms with Crippen molar-refractivity contribution in [3.05, 3.63) is 81.0 Å². The molecule has 1 aromatic heterocycles. The monoisotopic (exact) mass is 525 g/mol. The van der Waals surface area contributed by atoms with Crippen molar-refractivity contribution in [2.45, 2.75) is 45.7 Å². The fourth-order valence-corrected chi connectivity index (χ4v) is 5.30. The summed E-state index contributed by atoms with van der Waals surface area (Å²) in [5, 5.41) is 5.64. The van der Waals surface area contributed by atoms with Crippen molar-refractivity contribution in [2.75, 3.05) is 25.0 Å². The van der Waals surface area contributed by atoms with Crippen LogP contribution in [-0.2, 0) is 11.2 Å². The number of halogens is 1. The number of nitrogens with one attached hydrogen (secondary N) is 1. The normalized spacial score (nSPS) is 15.2. The van der Waals surface area contributed by atoms with Crippen LogP contribution in [0.15, 0.2) is 60.0 Å². The number of anilines is 1. The van der Waals surface area contributed by atoms with Crippen molar-refractivity contribution >= 4 is 40.6 Å². The predicted molar refractivity (Wildman–Crippen MR) is 146 cm³/mol. The van der Waals surface area contributed by atoms with E-state index in [1.165, 1.54) is 4.88 Å². The number of carbonyl (C=O) groups excluding carboxylic acids is 2. The van der Waals surface area contributed by atoms with Gasteiger partial charge in [0, 0.05) is 27.7 Å². The van der Waals surface area contributed by atoms with Gasteiger partial charge in [0.15, 0.2) is 0 Å². The number of carbonyl (C=O) groups is 2. The minimum Gasteiger partial charge on any atom is -0.491 e. The van der Waals surface area contributed by atoms with E-state index < -0.39 is 5.54 Å². The predicted octanol–water partition coefficient (Wildman–Crippen LogP) is 6.55. The number of rotatable bonds is 6. The van der Waals surface area contributed by atoms with Crippen LogP contribution in [-0.4, -0.2) is 47.0 Å². The van der Waals surface area contributed by atoms with Crippen LogP contribution in [0, 0.1) is 6.92 Å². The fourth-order valence-electron chi connectivity index (χ4n) is 4.25. The maximum Gasteiger partial charge on any atom is 0.322 e. The molecule has 0 spiro atoms. The summed E-state index contributed by atoms with van der Waals surface area (Å²) in [6.07, 6.45) is 0.793. The van der Waals surface area contributed by atoms with Gasteiger partial charge in [-0.2, -0.15) is 0 Å². The SMILES string of the molecule is Cc1ccc(NC(=O)N(CC(=O)N2CCc3sccc3[C@H]2COc2ccc(Cl)cc2)C(C)(C)C)cc1. The van der Waals surface area contributed by atoms with Crippen LogP contribution in [0.2, 0.25) is 5.02 Å². The van der Waals surface area contributed by atoms with Gasteiger partial charge in [-0.3, -0.25) is 4.79 Å². The molecule has 0 saturated heterocycles. The molecule has 1 N–H and O–H groups in total. The van der Waals surface area contributed by atoms with Gasteiger partial charge in [0.05, 0.1) is 6.04 Å². The van der Waals surface area contributed by atoms with Gasteiger partial charge in [0.2, 0.25) is 5.91 Å². The molecule has 1 atom stereocenters. The summed E-state index contributed by atoms with van der Waals surface area (Å²) in [7, 11) is 0. The van der Waals surface area contributed by atoms with Gasteiger partial charge < -0.3 is 19.9 Å². The van der Waals surface area contributed by atoms with Crippen molar-refractivity contribution in [1.82, 2.24) is 9.80 Å². The minimum atomic E-state index is -0.553. The smallest absolute Gasteiger partial charge is 0.322 e. The van der Waals surface area contributed by atoms with Crippen LogP contribution in [0.1, 0.15) is 42.8 Å². The fraction of sp³-hybridized carbons (Fsp3) is 0.357. The molecule has 0 bridgehead atoms. The van der Waals surface area contributed by atoms with Gasteiger partial charge in [0.1, 0.15) is 18.9 Å². The molecule has 1 aliphatic heterocycles. The van der Waals surface area contributed by atoms with E-state index >= 15 is 0 Å². The van der Waals surface area contributed by atoms with E-state index in [0.29, 0.717) is 29.6 Å². The summed E-state index contributed by atoms with van der Waals surface area (Å²) in [6, 6.07) is 16.4. The number of fused-ring (bicyclic) bond motifs is 1. The van der Waals surface area contributed by atoms with Gasteiger partial charge in [0.25, 0.3) is 0 Å². The number of hydrogen-bond donors (Lipinski definition) is 1. The first kappa shape index (κ1) is 26.0. The number of aryl methyl sites for hydroxylation is 1. The lowest BCUT2D eigenvalue weighted by atomic mass is 10.00. The number of urea groups is 1. The molecule has 2 heterocycles. The van der Waals surface area contributed by atoms with Crippen molar-refractivity contribution < 1.29 is 14.3 Å². The highest BCUT2D eigenvalue weighted by Gasteiger charge is 2.36. The van der Waals surface area contributed by atoms with E-state index in [4.69, 9.17) is 16.3 Å². The highest BCUT2D eigenvalue weighted by molar-refractivity contribution is 7.10. The number of thiophene rings is 1. The molecule has 0 aliphatic carbocycles. The van der Waals surface area contributed by atoms with Gasteiger partial charge in [-0.15, -0.1) is 11.3 Å². The topological polar surface area (TPSA) is 61.9 Å². The Bertz CT molecular complexity index is 1200. The lowest BCUT2D eigenvalue weighted by molar-refractivity contribution is -0.136. The molecule has 1 aliphatic rings. The van der Waals surface area contributed by atoms with Gasteiger partial charge in [-0.05, 0) is 87.5 Å². The van der Waals surface area contributed by atoms with Crippen LogP contribution in [0.25, 0.3) is 0 Å². The number of nitrogens with zero attached hydrogens (tertiary/aromatic N) is 2. The molecule has 6 nitrogen and oxygen atoms in total. The number of hydrogen-bond acceptors (Lipinski definition) is 4. The molecule has 3 amide bonds. The highest BCUT2D eigenvalue weighted by Crippen LogP contribution is 2.34. The second kappa shape index (κ2) is 10.9. The maximum atomic E-state index is 13.7. The Labute approximate surface area is 221 Å². The average molecular weight is 526 g/mol. The molecular formula is C28H32ClN3O3S. The Kier molecular flexibility index (Phi) is 7.91. The van der Waals surface area contributed by atoms with Crippen molar-refractivity contribution in [2.24, 2.45) is 0 Å². The summed E-state index contributed by atoms with van der Waals surface area (Å²) in [5.74, 6) is 0.591. The van der Waals surface area contributed by atoms with Crippen LogP contribution in [0.5, 0.6) is 5.75 Å². The van der Waals surface area contributed by atoms with E-state index in [1.54, 1.807) is 28.4 Å². The molecule has 0 radical (unpaired) electrons. The largest absolute Gasteiger partial charge is 0.491 e. The second-order valence-electron chi connectivity index (χ2n) is 9.97. The molecule has 0 saturated carbocycles. The summed E-state index contributed by atoms with van der Waals surface area (Å²) in [6.45, 7) is 8.67. The third-order valence-electron chi connectivity index (χ3n) is 6.29. The molecule has 0 unspecified atom stereocenters. The zero-order valence-corrected chi connectivity index (χ0v) is 22.7. The summed E-state index contributed by atoms with van der Waals surface area (Å²) in [4.78, 5) is 31.7. The Morgan fingerprint density at radius 3 is 2.47 bits per heavy atom. The summed E-state index contributed by atoms with van der Waals surface area (Å²) in [5.41, 5.74) is 2.37. The first-order valence-corrected chi connectivity index (χ1v) is 13.3. The highest BCUT2D eigenvalue weighted by atomic mass is 35.5. The molecule has 8 heteroatoms. The van der Waals surface area contributed by atoms with Gasteiger partial charge in [-0.25, -0.2) is 4.79 Å². The Balaban J connectivity index is 1.51. The zero-order valence-electron chi connectivity index (χ0n) is 21.1. The Morgan fingerprint density at radius 1 is 1.11 bits per heavy atom. The quantitative estimate of drug-likeness (QED) is 0.397. The van der Waals surface area contributed by atoms with Crippen LogP contribution >= 0.6 is 22.9 Å². The molecular weight excluding hydrogens is 494 g/mol. The number of amides is 3. The molecule has 0 fully saturated rings. The van der Waals surface area contributed by atoms with Crippen LogP contribution < -0.4 is 10.1 Å². The van der Waals surface area contributed by atoms with Crippen molar-refractivity contribution in [3.63, 3.8) is 0 Å². The van der Waals surface area contributed by atoms with Crippen LogP contribution in [0.3, 0.4) is 0 Å². The third kappa shape index (κ3) is 6.20. The van der Waals surface area contributed by atoms with Crippen LogP contribution in [0.4, 0.5) is 10.5 Å². The first-order valence-electron chi connectivity index (χ1n) is 12.0. The lowest BCUT2D eigenvalue weighted by Gasteiger charge is -2.40. The Hall–Kier alpha value is -3.03. The third-order valence-corrected chi connectivity index (χ3v) is 7.54. The lowest BCUT2D eigenvalue weighted by Crippen LogP contribution is -2.54. The second-order valence-corrected chi connectivity index (χ2v) is 11.4. The summed E-state index contributed by atoms with van der Waals surface area (Å²) < 4.78 is 6.07. The number of ether oxygens (including phenoxy) is 1. The van der Waals surface area contributed by atoms with E-state index in [1.807, 2.05) is 69.0 Å². The van der Waals surface area contributed by atoms with E-state index in [0.717, 1.165) is 17.5 Å². The Morgan fingerprint density at radius 2 is 1.81 bits per heavy atom. The van der Waals surface area contributed by atoms with E-state index in [-0.39, 0.29) is 24.5 Å². The van der Waals surface area contributed by atoms with E-state index in [2.05, 4.69) is 16.8 Å². The molecule has 2 aromatic carbocycles. The van der Waals surface area contributed by atoms with E-state index in [9.17, 15) is 9.59 Å². The molecule has 36 heavy (non-hydrogen) atoms. The molecule has 4 rings (SSSR count). The zero-order chi connectivity index (χ0) is 25.9. The number of benzene rings is 2. The first-order chi connectivity index (χ1) is 17.1. The molecule has 190 valence electrons. The van der Waals surface area contributed by atoms with Crippen molar-refractivity contribution in [1.29, 1.82) is 0 Å². The standard InChI is InChI=1S/C28H32ClN3O3S/c1-19-5-9-21(10-6-19)30-27(34)32(28(2,3)4)17-26(33)31-15-13-25-23(14-16-36-25)24(31)18-35-22-11-7-20(29)8-12-22/h5-12,14,16,24H,13,15,17-18H2,1-4H3,(H,30,34)/t24-/m1/s1. The maximum absolute atomic E-state index is 13.7. The molecule has 3 aromatic rings. The van der Waals surface area contributed by atoms with Gasteiger partial charge in [-0.1, -0.05) is 29.3 Å². The summed E-state index contributed by atoms with van der Waals surface area (Å²) >= 11 is 7.71. The minimum absolute atomic E-state index is 0.0297. The average Bonchev–Trinajstić information content (AvgIpc) is 3.31. The van der Waals surface area contributed by atoms with Crippen molar-refractivity contribution in [3.8, 4) is 5.75 Å².